The average molecular weight is 326 g/mol. The van der Waals surface area contributed by atoms with Crippen LogP contribution in [0.2, 0.25) is 0 Å². The number of anilines is 1. The van der Waals surface area contributed by atoms with Crippen LogP contribution in [-0.2, 0) is 6.54 Å². The van der Waals surface area contributed by atoms with Gasteiger partial charge in [-0.15, -0.1) is 0 Å². The highest BCUT2D eigenvalue weighted by Gasteiger charge is 2.19. The van der Waals surface area contributed by atoms with E-state index in [1.807, 2.05) is 12.1 Å². The molecule has 8 nitrogen and oxygen atoms in total. The summed E-state index contributed by atoms with van der Waals surface area (Å²) in [4.78, 5) is 17.6. The largest absolute Gasteiger partial charge is 0.461 e. The van der Waals surface area contributed by atoms with E-state index in [-0.39, 0.29) is 0 Å². The van der Waals surface area contributed by atoms with Crippen molar-refractivity contribution >= 4 is 5.95 Å². The van der Waals surface area contributed by atoms with Crippen molar-refractivity contribution in [1.82, 2.24) is 25.0 Å². The van der Waals surface area contributed by atoms with E-state index in [2.05, 4.69) is 29.9 Å². The van der Waals surface area contributed by atoms with E-state index in [0.717, 1.165) is 38.5 Å². The zero-order chi connectivity index (χ0) is 16.2. The first-order chi connectivity index (χ1) is 11.9. The molecule has 0 aromatic carbocycles. The van der Waals surface area contributed by atoms with Gasteiger partial charge >= 0.3 is 0 Å². The molecule has 8 heteroatoms. The Morgan fingerprint density at radius 1 is 1.04 bits per heavy atom. The maximum absolute atomic E-state index is 5.34. The number of hydrogen-bond donors (Lipinski definition) is 0. The van der Waals surface area contributed by atoms with Crippen molar-refractivity contribution in [3.8, 4) is 11.6 Å². The third-order valence-electron chi connectivity index (χ3n) is 3.99. The van der Waals surface area contributed by atoms with E-state index >= 15 is 0 Å². The van der Waals surface area contributed by atoms with Crippen molar-refractivity contribution in [3.05, 3.63) is 42.7 Å². The number of nitrogens with zero attached hydrogens (tertiary/aromatic N) is 6. The molecule has 24 heavy (non-hydrogen) atoms. The fraction of sp³-hybridized carbons (Fsp3) is 0.375. The van der Waals surface area contributed by atoms with E-state index in [1.54, 1.807) is 24.7 Å². The summed E-state index contributed by atoms with van der Waals surface area (Å²) in [5, 5.41) is 3.97. The molecule has 124 valence electrons. The molecule has 3 aromatic rings. The standard InChI is InChI=1S/C16H18N6O2/c1-4-13(23-11-1)15-19-14(24-20-15)12-21-7-3-8-22(10-9-21)16-17-5-2-6-18-16/h1-2,4-6,11H,3,7-10,12H2. The van der Waals surface area contributed by atoms with Crippen LogP contribution in [0.15, 0.2) is 45.8 Å². The van der Waals surface area contributed by atoms with Gasteiger partial charge in [0.15, 0.2) is 5.76 Å². The smallest absolute Gasteiger partial charge is 0.241 e. The molecule has 0 saturated carbocycles. The van der Waals surface area contributed by atoms with Gasteiger partial charge in [-0.05, 0) is 24.6 Å². The van der Waals surface area contributed by atoms with Crippen LogP contribution in [0, 0.1) is 0 Å². The lowest BCUT2D eigenvalue weighted by molar-refractivity contribution is 0.239. The molecule has 1 fully saturated rings. The molecule has 3 aromatic heterocycles. The van der Waals surface area contributed by atoms with Crippen molar-refractivity contribution in [3.63, 3.8) is 0 Å². The fourth-order valence-electron chi connectivity index (χ4n) is 2.80. The minimum atomic E-state index is 0.490. The quantitative estimate of drug-likeness (QED) is 0.718. The zero-order valence-electron chi connectivity index (χ0n) is 13.2. The van der Waals surface area contributed by atoms with Gasteiger partial charge in [-0.2, -0.15) is 4.98 Å². The Hall–Kier alpha value is -2.74. The van der Waals surface area contributed by atoms with E-state index in [9.17, 15) is 0 Å². The monoisotopic (exact) mass is 326 g/mol. The van der Waals surface area contributed by atoms with Gasteiger partial charge in [0.1, 0.15) is 0 Å². The second-order valence-electron chi connectivity index (χ2n) is 5.65. The number of furan rings is 1. The van der Waals surface area contributed by atoms with Crippen LogP contribution in [-0.4, -0.2) is 51.2 Å². The summed E-state index contributed by atoms with van der Waals surface area (Å²) < 4.78 is 10.6. The van der Waals surface area contributed by atoms with Crippen LogP contribution in [0.25, 0.3) is 11.6 Å². The second kappa shape index (κ2) is 6.79. The SMILES string of the molecule is c1cnc(N2CCCN(Cc3nc(-c4ccco4)no3)CC2)nc1. The molecule has 4 heterocycles. The Bertz CT molecular complexity index is 758. The normalized spacial score (nSPS) is 16.2. The molecule has 0 aliphatic carbocycles. The van der Waals surface area contributed by atoms with Crippen molar-refractivity contribution in [2.24, 2.45) is 0 Å². The summed E-state index contributed by atoms with van der Waals surface area (Å²) in [6.45, 7) is 4.33. The summed E-state index contributed by atoms with van der Waals surface area (Å²) in [6, 6.07) is 5.46. The van der Waals surface area contributed by atoms with Gasteiger partial charge in [-0.3, -0.25) is 4.90 Å². The van der Waals surface area contributed by atoms with E-state index in [0.29, 0.717) is 24.0 Å². The number of rotatable bonds is 4. The fourth-order valence-corrected chi connectivity index (χ4v) is 2.80. The molecule has 1 aliphatic rings. The molecule has 0 atom stereocenters. The average Bonchev–Trinajstić information content (AvgIpc) is 3.25. The van der Waals surface area contributed by atoms with Gasteiger partial charge in [0.25, 0.3) is 0 Å². The van der Waals surface area contributed by atoms with Gasteiger partial charge in [0.05, 0.1) is 12.8 Å². The Morgan fingerprint density at radius 3 is 2.79 bits per heavy atom. The molecule has 0 radical (unpaired) electrons. The van der Waals surface area contributed by atoms with Crippen molar-refractivity contribution < 1.29 is 8.94 Å². The molecule has 0 spiro atoms. The maximum atomic E-state index is 5.34. The van der Waals surface area contributed by atoms with E-state index in [1.165, 1.54) is 0 Å². The predicted octanol–water partition coefficient (Wildman–Crippen LogP) is 1.83. The molecule has 0 unspecified atom stereocenters. The topological polar surface area (TPSA) is 84.3 Å². The van der Waals surface area contributed by atoms with Gasteiger partial charge < -0.3 is 13.8 Å². The first kappa shape index (κ1) is 14.8. The first-order valence-corrected chi connectivity index (χ1v) is 7.99. The Balaban J connectivity index is 1.38. The lowest BCUT2D eigenvalue weighted by Gasteiger charge is -2.20. The second-order valence-corrected chi connectivity index (χ2v) is 5.65. The van der Waals surface area contributed by atoms with Crippen LogP contribution in [0.1, 0.15) is 12.3 Å². The van der Waals surface area contributed by atoms with Crippen LogP contribution in [0.4, 0.5) is 5.95 Å². The van der Waals surface area contributed by atoms with Gasteiger partial charge in [-0.25, -0.2) is 9.97 Å². The lowest BCUT2D eigenvalue weighted by Crippen LogP contribution is -2.31. The van der Waals surface area contributed by atoms with E-state index < -0.39 is 0 Å². The van der Waals surface area contributed by atoms with Crippen molar-refractivity contribution in [2.45, 2.75) is 13.0 Å². The minimum absolute atomic E-state index is 0.490. The van der Waals surface area contributed by atoms with Crippen LogP contribution >= 0.6 is 0 Å². The third kappa shape index (κ3) is 3.28. The molecule has 0 amide bonds. The minimum Gasteiger partial charge on any atom is -0.461 e. The molecule has 1 aliphatic heterocycles. The van der Waals surface area contributed by atoms with Crippen LogP contribution in [0.3, 0.4) is 0 Å². The Kier molecular flexibility index (Phi) is 4.20. The maximum Gasteiger partial charge on any atom is 0.241 e. The summed E-state index contributed by atoms with van der Waals surface area (Å²) in [5.74, 6) is 2.50. The molecular formula is C16H18N6O2. The summed E-state index contributed by atoms with van der Waals surface area (Å²) in [7, 11) is 0. The van der Waals surface area contributed by atoms with Crippen molar-refractivity contribution in [2.75, 3.05) is 31.1 Å². The van der Waals surface area contributed by atoms with Gasteiger partial charge in [0, 0.05) is 38.6 Å². The van der Waals surface area contributed by atoms with Crippen LogP contribution < -0.4 is 4.90 Å². The van der Waals surface area contributed by atoms with Crippen molar-refractivity contribution in [1.29, 1.82) is 0 Å². The van der Waals surface area contributed by atoms with Crippen LogP contribution in [0.5, 0.6) is 0 Å². The molecule has 0 N–H and O–H groups in total. The highest BCUT2D eigenvalue weighted by Crippen LogP contribution is 2.17. The predicted molar refractivity (Wildman–Crippen MR) is 86.1 cm³/mol. The third-order valence-corrected chi connectivity index (χ3v) is 3.99. The summed E-state index contributed by atoms with van der Waals surface area (Å²) in [6.07, 6.45) is 6.19. The van der Waals surface area contributed by atoms with E-state index in [4.69, 9.17) is 8.94 Å². The molecule has 4 rings (SSSR count). The lowest BCUT2D eigenvalue weighted by atomic mass is 10.4. The Morgan fingerprint density at radius 2 is 1.96 bits per heavy atom. The molecule has 1 saturated heterocycles. The highest BCUT2D eigenvalue weighted by atomic mass is 16.5. The van der Waals surface area contributed by atoms with Gasteiger partial charge in [-0.1, -0.05) is 5.16 Å². The molecule has 0 bridgehead atoms. The summed E-state index contributed by atoms with van der Waals surface area (Å²) in [5.41, 5.74) is 0. The summed E-state index contributed by atoms with van der Waals surface area (Å²) >= 11 is 0. The number of hydrogen-bond acceptors (Lipinski definition) is 8. The zero-order valence-corrected chi connectivity index (χ0v) is 13.2. The number of aromatic nitrogens is 4. The highest BCUT2D eigenvalue weighted by molar-refractivity contribution is 5.44. The van der Waals surface area contributed by atoms with Gasteiger partial charge in [0.2, 0.25) is 17.7 Å². The molecular weight excluding hydrogens is 308 g/mol. The Labute approximate surface area is 139 Å². The first-order valence-electron chi connectivity index (χ1n) is 7.99.